The largest absolute Gasteiger partial charge is 0.336 e. The van der Waals surface area contributed by atoms with Crippen LogP contribution in [0, 0.1) is 5.82 Å². The Morgan fingerprint density at radius 2 is 1.44 bits per heavy atom. The van der Waals surface area contributed by atoms with Crippen LogP contribution in [-0.4, -0.2) is 51.4 Å². The number of rotatable bonds is 16. The lowest BCUT2D eigenvalue weighted by atomic mass is 10.0. The van der Waals surface area contributed by atoms with Crippen molar-refractivity contribution in [3.05, 3.63) is 117 Å². The molecule has 0 aliphatic heterocycles. The maximum Gasteiger partial charge on any atom is 0.276 e. The molecular formula is C36H42F2N4O2S. The SMILES string of the molecule is CCCc1cn(CC(=O)N(CCN(CC)CC)Cc2ccc(-c3ccc(CF)cc3)cc2)c(SCc2ccc(F)cc2)nc1=O. The number of hydrogen-bond acceptors (Lipinski definition) is 5. The second-order valence-electron chi connectivity index (χ2n) is 11.0. The third-order valence-corrected chi connectivity index (χ3v) is 8.90. The van der Waals surface area contributed by atoms with Gasteiger partial charge in [-0.1, -0.05) is 99.6 Å². The van der Waals surface area contributed by atoms with Crippen molar-refractivity contribution in [1.29, 1.82) is 0 Å². The molecule has 0 fully saturated rings. The number of benzene rings is 3. The van der Waals surface area contributed by atoms with Crippen LogP contribution in [0.15, 0.2) is 88.9 Å². The van der Waals surface area contributed by atoms with Gasteiger partial charge in [0.25, 0.3) is 5.56 Å². The van der Waals surface area contributed by atoms with E-state index in [0.29, 0.717) is 41.5 Å². The topological polar surface area (TPSA) is 58.4 Å². The molecule has 0 saturated heterocycles. The number of aromatic nitrogens is 2. The van der Waals surface area contributed by atoms with Crippen LogP contribution in [0.1, 0.15) is 49.4 Å². The molecule has 0 spiro atoms. The Kier molecular flexibility index (Phi) is 12.9. The molecule has 1 amide bonds. The standard InChI is InChI=1S/C36H42F2N4O2S/c1-4-7-32-24-42(36(39-35(32)44)45-26-29-12-18-33(38)19-13-29)25-34(43)41(21-20-40(5-2)6-3)23-28-10-16-31(17-11-28)30-14-8-27(22-37)9-15-30/h8-19,24H,4-7,20-23,25-26H2,1-3H3. The van der Waals surface area contributed by atoms with E-state index in [1.807, 2.05) is 48.2 Å². The van der Waals surface area contributed by atoms with Crippen molar-refractivity contribution in [1.82, 2.24) is 19.4 Å². The van der Waals surface area contributed by atoms with E-state index in [1.165, 1.54) is 23.9 Å². The van der Waals surface area contributed by atoms with Gasteiger partial charge in [0.2, 0.25) is 5.91 Å². The molecule has 0 N–H and O–H groups in total. The molecule has 238 valence electrons. The van der Waals surface area contributed by atoms with E-state index in [2.05, 4.69) is 23.7 Å². The van der Waals surface area contributed by atoms with Crippen LogP contribution in [-0.2, 0) is 36.7 Å². The van der Waals surface area contributed by atoms with E-state index in [0.717, 1.165) is 48.3 Å². The average Bonchev–Trinajstić information content (AvgIpc) is 3.06. The Bertz CT molecular complexity index is 1570. The van der Waals surface area contributed by atoms with Crippen molar-refractivity contribution in [2.75, 3.05) is 26.2 Å². The summed E-state index contributed by atoms with van der Waals surface area (Å²) in [6.07, 6.45) is 3.14. The Labute approximate surface area is 269 Å². The van der Waals surface area contributed by atoms with Gasteiger partial charge in [0.15, 0.2) is 5.16 Å². The zero-order valence-electron chi connectivity index (χ0n) is 26.3. The molecule has 0 aliphatic rings. The number of likely N-dealkylation sites (N-methyl/N-ethyl adjacent to an activating group) is 1. The van der Waals surface area contributed by atoms with Gasteiger partial charge in [-0.15, -0.1) is 0 Å². The van der Waals surface area contributed by atoms with Gasteiger partial charge < -0.3 is 14.4 Å². The van der Waals surface area contributed by atoms with Gasteiger partial charge in [0.1, 0.15) is 19.0 Å². The molecule has 4 aromatic rings. The van der Waals surface area contributed by atoms with Crippen LogP contribution >= 0.6 is 11.8 Å². The summed E-state index contributed by atoms with van der Waals surface area (Å²) >= 11 is 1.36. The number of halogens is 2. The lowest BCUT2D eigenvalue weighted by molar-refractivity contribution is -0.132. The van der Waals surface area contributed by atoms with E-state index >= 15 is 0 Å². The van der Waals surface area contributed by atoms with Gasteiger partial charge in [-0.05, 0) is 59.5 Å². The van der Waals surface area contributed by atoms with Crippen molar-refractivity contribution in [2.45, 2.75) is 64.3 Å². The molecule has 6 nitrogen and oxygen atoms in total. The lowest BCUT2D eigenvalue weighted by Gasteiger charge is -2.27. The average molecular weight is 633 g/mol. The summed E-state index contributed by atoms with van der Waals surface area (Å²) in [4.78, 5) is 35.3. The van der Waals surface area contributed by atoms with Gasteiger partial charge in [-0.25, -0.2) is 8.78 Å². The first-order valence-corrected chi connectivity index (χ1v) is 16.5. The number of amides is 1. The van der Waals surface area contributed by atoms with Crippen LogP contribution in [0.4, 0.5) is 8.78 Å². The molecule has 0 atom stereocenters. The number of aryl methyl sites for hydroxylation is 1. The van der Waals surface area contributed by atoms with E-state index in [-0.39, 0.29) is 23.8 Å². The molecule has 9 heteroatoms. The van der Waals surface area contributed by atoms with E-state index in [9.17, 15) is 18.4 Å². The molecule has 0 saturated carbocycles. The van der Waals surface area contributed by atoms with Gasteiger partial charge in [-0.3, -0.25) is 9.59 Å². The Morgan fingerprint density at radius 1 is 0.844 bits per heavy atom. The Balaban J connectivity index is 1.56. The number of hydrogen-bond donors (Lipinski definition) is 0. The maximum absolute atomic E-state index is 14.0. The van der Waals surface area contributed by atoms with Gasteiger partial charge in [0, 0.05) is 37.1 Å². The van der Waals surface area contributed by atoms with Crippen LogP contribution < -0.4 is 5.56 Å². The minimum atomic E-state index is -0.486. The number of alkyl halides is 1. The fourth-order valence-electron chi connectivity index (χ4n) is 5.07. The summed E-state index contributed by atoms with van der Waals surface area (Å²) in [6.45, 7) is 9.31. The highest BCUT2D eigenvalue weighted by Gasteiger charge is 2.19. The summed E-state index contributed by atoms with van der Waals surface area (Å²) in [5.74, 6) is 0.118. The number of carbonyl (C=O) groups is 1. The fourth-order valence-corrected chi connectivity index (χ4v) is 5.99. The molecule has 1 heterocycles. The van der Waals surface area contributed by atoms with Crippen molar-refractivity contribution >= 4 is 17.7 Å². The normalized spacial score (nSPS) is 11.2. The minimum Gasteiger partial charge on any atom is -0.336 e. The maximum atomic E-state index is 14.0. The minimum absolute atomic E-state index is 0.0486. The first-order chi connectivity index (χ1) is 21.8. The Hall–Kier alpha value is -3.82. The van der Waals surface area contributed by atoms with Crippen LogP contribution in [0.2, 0.25) is 0 Å². The van der Waals surface area contributed by atoms with Crippen molar-refractivity contribution < 1.29 is 13.6 Å². The molecule has 0 aliphatic carbocycles. The highest BCUT2D eigenvalue weighted by atomic mass is 32.2. The monoisotopic (exact) mass is 632 g/mol. The predicted octanol–water partition coefficient (Wildman–Crippen LogP) is 7.13. The summed E-state index contributed by atoms with van der Waals surface area (Å²) in [7, 11) is 0. The van der Waals surface area contributed by atoms with E-state index < -0.39 is 6.67 Å². The summed E-state index contributed by atoms with van der Waals surface area (Å²) < 4.78 is 28.2. The van der Waals surface area contributed by atoms with Gasteiger partial charge in [-0.2, -0.15) is 4.98 Å². The summed E-state index contributed by atoms with van der Waals surface area (Å²) in [5.41, 5.74) is 4.88. The smallest absolute Gasteiger partial charge is 0.276 e. The van der Waals surface area contributed by atoms with Gasteiger partial charge in [0.05, 0.1) is 0 Å². The zero-order valence-corrected chi connectivity index (χ0v) is 27.2. The molecule has 45 heavy (non-hydrogen) atoms. The number of carbonyl (C=O) groups excluding carboxylic acids is 1. The van der Waals surface area contributed by atoms with E-state index in [1.54, 1.807) is 35.0 Å². The first-order valence-electron chi connectivity index (χ1n) is 15.5. The molecular weight excluding hydrogens is 590 g/mol. The lowest BCUT2D eigenvalue weighted by Crippen LogP contribution is -2.40. The van der Waals surface area contributed by atoms with Crippen molar-refractivity contribution in [3.8, 4) is 11.1 Å². The van der Waals surface area contributed by atoms with Crippen molar-refractivity contribution in [2.24, 2.45) is 0 Å². The fraction of sp³-hybridized carbons (Fsp3) is 0.361. The molecule has 1 aromatic heterocycles. The second-order valence-corrected chi connectivity index (χ2v) is 12.0. The molecule has 4 rings (SSSR count). The molecule has 0 unspecified atom stereocenters. The van der Waals surface area contributed by atoms with Crippen LogP contribution in [0.25, 0.3) is 11.1 Å². The second kappa shape index (κ2) is 17.0. The number of nitrogens with zero attached hydrogens (tertiary/aromatic N) is 4. The zero-order chi connectivity index (χ0) is 32.2. The highest BCUT2D eigenvalue weighted by molar-refractivity contribution is 7.98. The quantitative estimate of drug-likeness (QED) is 0.0972. The van der Waals surface area contributed by atoms with Crippen LogP contribution in [0.5, 0.6) is 0 Å². The van der Waals surface area contributed by atoms with Crippen molar-refractivity contribution in [3.63, 3.8) is 0 Å². The predicted molar refractivity (Wildman–Crippen MR) is 178 cm³/mol. The van der Waals surface area contributed by atoms with E-state index in [4.69, 9.17) is 0 Å². The molecule has 3 aromatic carbocycles. The third kappa shape index (κ3) is 9.83. The molecule has 0 radical (unpaired) electrons. The molecule has 0 bridgehead atoms. The third-order valence-electron chi connectivity index (χ3n) is 7.84. The Morgan fingerprint density at radius 3 is 2.02 bits per heavy atom. The summed E-state index contributed by atoms with van der Waals surface area (Å²) in [5, 5.41) is 0.462. The first kappa shape index (κ1) is 34.1. The van der Waals surface area contributed by atoms with Crippen LogP contribution in [0.3, 0.4) is 0 Å². The highest BCUT2D eigenvalue weighted by Crippen LogP contribution is 2.23. The van der Waals surface area contributed by atoms with Gasteiger partial charge >= 0.3 is 0 Å². The summed E-state index contributed by atoms with van der Waals surface area (Å²) in [6, 6.07) is 21.8. The number of thioether (sulfide) groups is 1.